The van der Waals surface area contributed by atoms with Gasteiger partial charge in [0, 0.05) is 12.7 Å². The summed E-state index contributed by atoms with van der Waals surface area (Å²) in [7, 11) is 0. The SMILES string of the molecule is C[C@@H](Sc1n[nH]c(=O)n1C[C@@H]1CCCO1)C(=O)Nc1cc(F)ccc1F. The molecule has 2 atom stereocenters. The Bertz CT molecular complexity index is 848. The summed E-state index contributed by atoms with van der Waals surface area (Å²) >= 11 is 1.05. The average Bonchev–Trinajstić information content (AvgIpc) is 3.23. The van der Waals surface area contributed by atoms with E-state index in [9.17, 15) is 18.4 Å². The minimum atomic E-state index is -0.730. The van der Waals surface area contributed by atoms with Crippen LogP contribution in [0.1, 0.15) is 19.8 Å². The van der Waals surface area contributed by atoms with Gasteiger partial charge in [0.2, 0.25) is 5.91 Å². The molecular weight excluding hydrogens is 366 g/mol. The quantitative estimate of drug-likeness (QED) is 0.745. The lowest BCUT2D eigenvalue weighted by molar-refractivity contribution is -0.115. The number of carbonyl (C=O) groups excluding carboxylic acids is 1. The van der Waals surface area contributed by atoms with Crippen molar-refractivity contribution in [2.45, 2.75) is 42.8 Å². The highest BCUT2D eigenvalue weighted by molar-refractivity contribution is 8.00. The number of thioether (sulfide) groups is 1. The molecule has 1 amide bonds. The number of carbonyl (C=O) groups is 1. The molecule has 0 radical (unpaired) electrons. The highest BCUT2D eigenvalue weighted by Crippen LogP contribution is 2.24. The van der Waals surface area contributed by atoms with Gasteiger partial charge in [0.1, 0.15) is 11.6 Å². The predicted molar refractivity (Wildman–Crippen MR) is 92.1 cm³/mol. The van der Waals surface area contributed by atoms with E-state index in [2.05, 4.69) is 15.5 Å². The van der Waals surface area contributed by atoms with E-state index in [0.29, 0.717) is 18.3 Å². The van der Waals surface area contributed by atoms with E-state index < -0.39 is 22.8 Å². The minimum absolute atomic E-state index is 0.0600. The second-order valence-electron chi connectivity index (χ2n) is 5.93. The Balaban J connectivity index is 1.67. The highest BCUT2D eigenvalue weighted by atomic mass is 32.2. The number of benzene rings is 1. The summed E-state index contributed by atoms with van der Waals surface area (Å²) in [6.07, 6.45) is 1.74. The van der Waals surface area contributed by atoms with E-state index in [4.69, 9.17) is 4.74 Å². The van der Waals surface area contributed by atoms with Gasteiger partial charge in [0.25, 0.3) is 0 Å². The maximum atomic E-state index is 13.7. The van der Waals surface area contributed by atoms with Crippen LogP contribution in [0.4, 0.5) is 14.5 Å². The molecule has 0 spiro atoms. The lowest BCUT2D eigenvalue weighted by Crippen LogP contribution is -2.27. The molecule has 26 heavy (non-hydrogen) atoms. The Morgan fingerprint density at radius 2 is 2.35 bits per heavy atom. The van der Waals surface area contributed by atoms with Gasteiger partial charge in [-0.2, -0.15) is 0 Å². The third-order valence-electron chi connectivity index (χ3n) is 3.97. The van der Waals surface area contributed by atoms with E-state index in [-0.39, 0.29) is 17.5 Å². The van der Waals surface area contributed by atoms with Crippen LogP contribution in [0.3, 0.4) is 0 Å². The molecule has 1 aliphatic rings. The number of hydrogen-bond acceptors (Lipinski definition) is 5. The number of ether oxygens (including phenoxy) is 1. The predicted octanol–water partition coefficient (Wildman–Crippen LogP) is 2.15. The number of nitrogens with one attached hydrogen (secondary N) is 2. The number of aromatic amines is 1. The van der Waals surface area contributed by atoms with E-state index in [1.807, 2.05) is 0 Å². The van der Waals surface area contributed by atoms with Crippen molar-refractivity contribution in [2.24, 2.45) is 0 Å². The molecule has 1 fully saturated rings. The third-order valence-corrected chi connectivity index (χ3v) is 5.06. The van der Waals surface area contributed by atoms with Gasteiger partial charge in [-0.25, -0.2) is 18.7 Å². The zero-order chi connectivity index (χ0) is 18.7. The second kappa shape index (κ2) is 8.00. The number of H-pyrrole nitrogens is 1. The van der Waals surface area contributed by atoms with Gasteiger partial charge >= 0.3 is 5.69 Å². The summed E-state index contributed by atoms with van der Waals surface area (Å²) in [4.78, 5) is 24.2. The number of nitrogens with zero attached hydrogens (tertiary/aromatic N) is 2. The molecule has 2 heterocycles. The Kier molecular flexibility index (Phi) is 5.72. The molecule has 0 saturated carbocycles. The molecular formula is C16H18F2N4O3S. The molecule has 1 aliphatic heterocycles. The van der Waals surface area contributed by atoms with E-state index in [1.54, 1.807) is 6.92 Å². The zero-order valence-corrected chi connectivity index (χ0v) is 14.8. The van der Waals surface area contributed by atoms with Crippen molar-refractivity contribution in [1.82, 2.24) is 14.8 Å². The van der Waals surface area contributed by atoms with Gasteiger partial charge in [0.15, 0.2) is 5.16 Å². The van der Waals surface area contributed by atoms with Gasteiger partial charge in [-0.1, -0.05) is 11.8 Å². The van der Waals surface area contributed by atoms with Crippen LogP contribution in [-0.2, 0) is 16.1 Å². The standard InChI is InChI=1S/C16H18F2N4O3S/c1-9(14(23)19-13-7-10(17)4-5-12(13)18)26-16-21-20-15(24)22(16)8-11-3-2-6-25-11/h4-5,7,9,11H,2-3,6,8H2,1H3,(H,19,23)(H,20,24)/t9-,11+/m1/s1. The van der Waals surface area contributed by atoms with Crippen LogP contribution < -0.4 is 11.0 Å². The van der Waals surface area contributed by atoms with Crippen molar-refractivity contribution in [3.05, 3.63) is 40.3 Å². The molecule has 1 aromatic carbocycles. The summed E-state index contributed by atoms with van der Waals surface area (Å²) in [5, 5.41) is 8.30. The number of anilines is 1. The average molecular weight is 384 g/mol. The van der Waals surface area contributed by atoms with Crippen molar-refractivity contribution in [3.63, 3.8) is 0 Å². The van der Waals surface area contributed by atoms with Gasteiger partial charge in [-0.3, -0.25) is 9.36 Å². The first-order chi connectivity index (χ1) is 12.4. The number of amides is 1. The maximum absolute atomic E-state index is 13.7. The highest BCUT2D eigenvalue weighted by Gasteiger charge is 2.23. The van der Waals surface area contributed by atoms with Gasteiger partial charge in [-0.15, -0.1) is 5.10 Å². The molecule has 3 rings (SSSR count). The first kappa shape index (κ1) is 18.6. The maximum Gasteiger partial charge on any atom is 0.344 e. The molecule has 7 nitrogen and oxygen atoms in total. The first-order valence-corrected chi connectivity index (χ1v) is 9.01. The summed E-state index contributed by atoms with van der Waals surface area (Å²) in [6, 6.07) is 2.82. The summed E-state index contributed by atoms with van der Waals surface area (Å²) in [5.41, 5.74) is -0.618. The molecule has 2 N–H and O–H groups in total. The molecule has 140 valence electrons. The monoisotopic (exact) mass is 384 g/mol. The molecule has 1 aromatic heterocycles. The molecule has 1 saturated heterocycles. The Morgan fingerprint density at radius 3 is 3.08 bits per heavy atom. The van der Waals surface area contributed by atoms with Crippen LogP contribution in [0.15, 0.2) is 28.2 Å². The Hall–Kier alpha value is -2.20. The van der Waals surface area contributed by atoms with Gasteiger partial charge < -0.3 is 10.1 Å². The van der Waals surface area contributed by atoms with Crippen LogP contribution in [0, 0.1) is 11.6 Å². The van der Waals surface area contributed by atoms with Crippen molar-refractivity contribution in [2.75, 3.05) is 11.9 Å². The largest absolute Gasteiger partial charge is 0.376 e. The van der Waals surface area contributed by atoms with Crippen molar-refractivity contribution < 1.29 is 18.3 Å². The number of hydrogen-bond donors (Lipinski definition) is 2. The fourth-order valence-corrected chi connectivity index (χ4v) is 3.45. The molecule has 2 aromatic rings. The zero-order valence-electron chi connectivity index (χ0n) is 14.0. The van der Waals surface area contributed by atoms with Crippen LogP contribution in [0.5, 0.6) is 0 Å². The number of aromatic nitrogens is 3. The van der Waals surface area contributed by atoms with Crippen LogP contribution >= 0.6 is 11.8 Å². The number of halogens is 2. The normalized spacial score (nSPS) is 18.0. The van der Waals surface area contributed by atoms with E-state index in [0.717, 1.165) is 42.8 Å². The van der Waals surface area contributed by atoms with E-state index in [1.165, 1.54) is 4.57 Å². The topological polar surface area (TPSA) is 89.0 Å². The van der Waals surface area contributed by atoms with Crippen LogP contribution in [0.2, 0.25) is 0 Å². The summed E-state index contributed by atoms with van der Waals surface area (Å²) < 4.78 is 33.8. The second-order valence-corrected chi connectivity index (χ2v) is 7.24. The van der Waals surface area contributed by atoms with Crippen molar-refractivity contribution in [3.8, 4) is 0 Å². The summed E-state index contributed by atoms with van der Waals surface area (Å²) in [6.45, 7) is 2.61. The fourth-order valence-electron chi connectivity index (χ4n) is 2.59. The Labute approximate surface area is 152 Å². The lowest BCUT2D eigenvalue weighted by Gasteiger charge is -2.14. The minimum Gasteiger partial charge on any atom is -0.376 e. The number of rotatable bonds is 6. The third kappa shape index (κ3) is 4.31. The fraction of sp³-hybridized carbons (Fsp3) is 0.438. The van der Waals surface area contributed by atoms with Crippen molar-refractivity contribution >= 4 is 23.4 Å². The lowest BCUT2D eigenvalue weighted by atomic mass is 10.2. The van der Waals surface area contributed by atoms with E-state index >= 15 is 0 Å². The van der Waals surface area contributed by atoms with Crippen molar-refractivity contribution in [1.29, 1.82) is 0 Å². The molecule has 0 bridgehead atoms. The van der Waals surface area contributed by atoms with Gasteiger partial charge in [0.05, 0.1) is 23.6 Å². The molecule has 0 aliphatic carbocycles. The first-order valence-electron chi connectivity index (χ1n) is 8.13. The summed E-state index contributed by atoms with van der Waals surface area (Å²) in [5.74, 6) is -1.91. The molecule has 0 unspecified atom stereocenters. The Morgan fingerprint density at radius 1 is 1.54 bits per heavy atom. The smallest absolute Gasteiger partial charge is 0.344 e. The molecule has 10 heteroatoms. The van der Waals surface area contributed by atoms with Crippen LogP contribution in [0.25, 0.3) is 0 Å². The van der Waals surface area contributed by atoms with Crippen LogP contribution in [-0.4, -0.2) is 38.6 Å². The van der Waals surface area contributed by atoms with Gasteiger partial charge in [-0.05, 0) is 31.9 Å².